The molecule has 0 aliphatic carbocycles. The monoisotopic (exact) mass is 200 g/mol. The van der Waals surface area contributed by atoms with Crippen LogP contribution in [0.5, 0.6) is 5.75 Å². The van der Waals surface area contributed by atoms with Crippen molar-refractivity contribution in [2.24, 2.45) is 11.5 Å². The maximum absolute atomic E-state index is 9.63. The average Bonchev–Trinajstić information content (AvgIpc) is 2.10. The fourth-order valence-electron chi connectivity index (χ4n) is 1.17. The number of rotatable bonds is 2. The Balaban J connectivity index is 3.20. The summed E-state index contributed by atoms with van der Waals surface area (Å²) < 4.78 is 0. The lowest BCUT2D eigenvalue weighted by atomic mass is 10.0. The Labute approximate surface area is 82.3 Å². The molecule has 13 heavy (non-hydrogen) atoms. The van der Waals surface area contributed by atoms with Crippen LogP contribution in [-0.4, -0.2) is 11.7 Å². The molecule has 1 aromatic rings. The number of aryl methyl sites for hydroxylation is 1. The van der Waals surface area contributed by atoms with E-state index in [-0.39, 0.29) is 18.3 Å². The molecule has 1 aromatic carbocycles. The van der Waals surface area contributed by atoms with E-state index in [1.54, 1.807) is 19.1 Å². The fourth-order valence-corrected chi connectivity index (χ4v) is 1.45. The smallest absolute Gasteiger partial charge is 0.123 e. The SMILES string of the molecule is Cc1cc(Cl)cc([C@H](N)CN)c1O. The van der Waals surface area contributed by atoms with E-state index in [9.17, 15) is 5.11 Å². The van der Waals surface area contributed by atoms with Crippen molar-refractivity contribution in [3.8, 4) is 5.75 Å². The Hall–Kier alpha value is -0.770. The summed E-state index contributed by atoms with van der Waals surface area (Å²) in [5.74, 6) is 0.183. The molecular weight excluding hydrogens is 188 g/mol. The first-order chi connectivity index (χ1) is 6.06. The van der Waals surface area contributed by atoms with Crippen molar-refractivity contribution in [3.05, 3.63) is 28.3 Å². The molecule has 3 nitrogen and oxygen atoms in total. The molecule has 5 N–H and O–H groups in total. The minimum Gasteiger partial charge on any atom is -0.507 e. The Morgan fingerprint density at radius 1 is 1.54 bits per heavy atom. The van der Waals surface area contributed by atoms with E-state index in [0.29, 0.717) is 16.1 Å². The first-order valence-electron chi connectivity index (χ1n) is 4.01. The molecule has 72 valence electrons. The highest BCUT2D eigenvalue weighted by Crippen LogP contribution is 2.29. The van der Waals surface area contributed by atoms with Crippen LogP contribution in [0.2, 0.25) is 5.02 Å². The largest absolute Gasteiger partial charge is 0.507 e. The molecule has 0 aliphatic rings. The van der Waals surface area contributed by atoms with Crippen molar-refractivity contribution < 1.29 is 5.11 Å². The number of phenols is 1. The van der Waals surface area contributed by atoms with Gasteiger partial charge in [-0.05, 0) is 24.6 Å². The van der Waals surface area contributed by atoms with Crippen molar-refractivity contribution in [1.82, 2.24) is 0 Å². The predicted molar refractivity (Wildman–Crippen MR) is 53.8 cm³/mol. The summed E-state index contributed by atoms with van der Waals surface area (Å²) in [4.78, 5) is 0. The Kier molecular flexibility index (Phi) is 3.14. The molecule has 0 heterocycles. The molecule has 0 spiro atoms. The van der Waals surface area contributed by atoms with Gasteiger partial charge in [-0.1, -0.05) is 11.6 Å². The second kappa shape index (κ2) is 3.96. The third kappa shape index (κ3) is 2.12. The van der Waals surface area contributed by atoms with Gasteiger partial charge in [-0.3, -0.25) is 0 Å². The lowest BCUT2D eigenvalue weighted by molar-refractivity contribution is 0.458. The first-order valence-corrected chi connectivity index (χ1v) is 4.38. The topological polar surface area (TPSA) is 72.3 Å². The molecule has 0 amide bonds. The molecule has 4 heteroatoms. The lowest BCUT2D eigenvalue weighted by Crippen LogP contribution is -2.20. The number of aromatic hydroxyl groups is 1. The third-order valence-electron chi connectivity index (χ3n) is 1.95. The standard InChI is InChI=1S/C9H13ClN2O/c1-5-2-6(10)3-7(9(5)13)8(12)4-11/h2-3,8,13H,4,11-12H2,1H3/t8-/m1/s1. The summed E-state index contributed by atoms with van der Waals surface area (Å²) >= 11 is 5.82. The van der Waals surface area contributed by atoms with E-state index < -0.39 is 0 Å². The fraction of sp³-hybridized carbons (Fsp3) is 0.333. The quantitative estimate of drug-likeness (QED) is 0.674. The molecule has 0 aromatic heterocycles. The van der Waals surface area contributed by atoms with Crippen LogP contribution in [0.1, 0.15) is 17.2 Å². The normalized spacial score (nSPS) is 12.9. The van der Waals surface area contributed by atoms with E-state index in [1.165, 1.54) is 0 Å². The first kappa shape index (κ1) is 10.3. The molecule has 0 unspecified atom stereocenters. The molecule has 0 radical (unpaired) electrons. The summed E-state index contributed by atoms with van der Waals surface area (Å²) in [5.41, 5.74) is 12.4. The van der Waals surface area contributed by atoms with Gasteiger partial charge in [0.25, 0.3) is 0 Å². The van der Waals surface area contributed by atoms with Gasteiger partial charge in [-0.15, -0.1) is 0 Å². The van der Waals surface area contributed by atoms with Gasteiger partial charge in [0.15, 0.2) is 0 Å². The number of hydrogen-bond acceptors (Lipinski definition) is 3. The molecule has 1 rings (SSSR count). The van der Waals surface area contributed by atoms with E-state index in [2.05, 4.69) is 0 Å². The summed E-state index contributed by atoms with van der Waals surface area (Å²) in [7, 11) is 0. The van der Waals surface area contributed by atoms with Crippen LogP contribution in [0.25, 0.3) is 0 Å². The molecule has 1 atom stereocenters. The van der Waals surface area contributed by atoms with Gasteiger partial charge in [0, 0.05) is 23.2 Å². The van der Waals surface area contributed by atoms with Gasteiger partial charge in [0.05, 0.1) is 0 Å². The summed E-state index contributed by atoms with van der Waals surface area (Å²) in [6.07, 6.45) is 0. The number of phenolic OH excluding ortho intramolecular Hbond substituents is 1. The minimum absolute atomic E-state index is 0.183. The summed E-state index contributed by atoms with van der Waals surface area (Å²) in [6, 6.07) is 2.96. The van der Waals surface area contributed by atoms with Gasteiger partial charge in [0.1, 0.15) is 5.75 Å². The van der Waals surface area contributed by atoms with Crippen LogP contribution in [0, 0.1) is 6.92 Å². The second-order valence-corrected chi connectivity index (χ2v) is 3.44. The number of benzene rings is 1. The Morgan fingerprint density at radius 3 is 2.69 bits per heavy atom. The van der Waals surface area contributed by atoms with Crippen LogP contribution in [-0.2, 0) is 0 Å². The number of halogens is 1. The van der Waals surface area contributed by atoms with Crippen LogP contribution >= 0.6 is 11.6 Å². The number of hydrogen-bond donors (Lipinski definition) is 3. The average molecular weight is 201 g/mol. The van der Waals surface area contributed by atoms with Crippen LogP contribution < -0.4 is 11.5 Å². The molecule has 0 saturated heterocycles. The van der Waals surface area contributed by atoms with Crippen LogP contribution in [0.4, 0.5) is 0 Å². The highest BCUT2D eigenvalue weighted by atomic mass is 35.5. The molecule has 0 saturated carbocycles. The van der Waals surface area contributed by atoms with Crippen molar-refractivity contribution in [2.45, 2.75) is 13.0 Å². The predicted octanol–water partition coefficient (Wildman–Crippen LogP) is 1.31. The zero-order valence-electron chi connectivity index (χ0n) is 7.42. The van der Waals surface area contributed by atoms with Crippen molar-refractivity contribution in [2.75, 3.05) is 6.54 Å². The van der Waals surface area contributed by atoms with E-state index in [4.69, 9.17) is 23.1 Å². The maximum Gasteiger partial charge on any atom is 0.123 e. The third-order valence-corrected chi connectivity index (χ3v) is 2.17. The van der Waals surface area contributed by atoms with E-state index in [0.717, 1.165) is 0 Å². The highest BCUT2D eigenvalue weighted by Gasteiger charge is 2.11. The van der Waals surface area contributed by atoms with Gasteiger partial charge in [0.2, 0.25) is 0 Å². The van der Waals surface area contributed by atoms with Gasteiger partial charge in [-0.25, -0.2) is 0 Å². The Bertz CT molecular complexity index is 315. The van der Waals surface area contributed by atoms with E-state index >= 15 is 0 Å². The Morgan fingerprint density at radius 2 is 2.15 bits per heavy atom. The van der Waals surface area contributed by atoms with Crippen molar-refractivity contribution >= 4 is 11.6 Å². The molecule has 0 aliphatic heterocycles. The zero-order chi connectivity index (χ0) is 10.0. The minimum atomic E-state index is -0.364. The van der Waals surface area contributed by atoms with Crippen molar-refractivity contribution in [1.29, 1.82) is 0 Å². The van der Waals surface area contributed by atoms with Crippen molar-refractivity contribution in [3.63, 3.8) is 0 Å². The van der Waals surface area contributed by atoms with Crippen LogP contribution in [0.15, 0.2) is 12.1 Å². The van der Waals surface area contributed by atoms with E-state index in [1.807, 2.05) is 0 Å². The molecule has 0 fully saturated rings. The number of nitrogens with two attached hydrogens (primary N) is 2. The van der Waals surface area contributed by atoms with Gasteiger partial charge >= 0.3 is 0 Å². The highest BCUT2D eigenvalue weighted by molar-refractivity contribution is 6.30. The van der Waals surface area contributed by atoms with Gasteiger partial charge < -0.3 is 16.6 Å². The summed E-state index contributed by atoms with van der Waals surface area (Å²) in [6.45, 7) is 2.06. The van der Waals surface area contributed by atoms with Gasteiger partial charge in [-0.2, -0.15) is 0 Å². The second-order valence-electron chi connectivity index (χ2n) is 3.00. The zero-order valence-corrected chi connectivity index (χ0v) is 8.17. The summed E-state index contributed by atoms with van der Waals surface area (Å²) in [5, 5.41) is 10.2. The molecule has 0 bridgehead atoms. The molecular formula is C9H13ClN2O. The van der Waals surface area contributed by atoms with Crippen LogP contribution in [0.3, 0.4) is 0 Å². The maximum atomic E-state index is 9.63. The lowest BCUT2D eigenvalue weighted by Gasteiger charge is -2.13.